The molecular weight excluding hydrogens is 268 g/mol. The van der Waals surface area contributed by atoms with E-state index in [2.05, 4.69) is 25.2 Å². The fourth-order valence-electron chi connectivity index (χ4n) is 3.17. The third kappa shape index (κ3) is 2.76. The molecule has 2 aromatic rings. The van der Waals surface area contributed by atoms with Crippen LogP contribution in [0.5, 0.6) is 0 Å². The number of hydrogen-bond acceptors (Lipinski definition) is 2. The van der Waals surface area contributed by atoms with E-state index in [-0.39, 0.29) is 0 Å². The summed E-state index contributed by atoms with van der Waals surface area (Å²) in [6.07, 6.45) is 5.24. The highest BCUT2D eigenvalue weighted by Gasteiger charge is 2.21. The van der Waals surface area contributed by atoms with Crippen molar-refractivity contribution in [3.05, 3.63) is 34.9 Å². The predicted octanol–water partition coefficient (Wildman–Crippen LogP) is 5.19. The molecule has 0 amide bonds. The number of fused-ring (bicyclic) bond motifs is 1. The number of aromatic nitrogens is 1. The second kappa shape index (κ2) is 5.61. The van der Waals surface area contributed by atoms with Gasteiger partial charge in [0.05, 0.1) is 5.52 Å². The summed E-state index contributed by atoms with van der Waals surface area (Å²) in [5, 5.41) is 5.55. The second-order valence-corrected chi connectivity index (χ2v) is 6.43. The monoisotopic (exact) mass is 288 g/mol. The van der Waals surface area contributed by atoms with Crippen LogP contribution in [0.15, 0.2) is 24.3 Å². The molecule has 106 valence electrons. The molecule has 20 heavy (non-hydrogen) atoms. The SMILES string of the molecule is Cc1cc(N[C@@H]2CCCC[C@H]2C)nc2cc(Cl)ccc12. The molecule has 1 fully saturated rings. The number of aryl methyl sites for hydroxylation is 1. The van der Waals surface area contributed by atoms with E-state index in [9.17, 15) is 0 Å². The van der Waals surface area contributed by atoms with Crippen molar-refractivity contribution in [1.82, 2.24) is 4.98 Å². The molecule has 1 aliphatic carbocycles. The molecule has 0 radical (unpaired) electrons. The molecular formula is C17H21ClN2. The van der Waals surface area contributed by atoms with Gasteiger partial charge in [-0.1, -0.05) is 37.4 Å². The van der Waals surface area contributed by atoms with Crippen LogP contribution in [0.3, 0.4) is 0 Å². The summed E-state index contributed by atoms with van der Waals surface area (Å²) < 4.78 is 0. The quantitative estimate of drug-likeness (QED) is 0.823. The molecule has 0 spiro atoms. The third-order valence-corrected chi connectivity index (χ3v) is 4.66. The van der Waals surface area contributed by atoms with Crippen molar-refractivity contribution < 1.29 is 0 Å². The lowest BCUT2D eigenvalue weighted by molar-refractivity contribution is 0.349. The van der Waals surface area contributed by atoms with E-state index in [1.54, 1.807) is 0 Å². The Morgan fingerprint density at radius 1 is 1.20 bits per heavy atom. The minimum Gasteiger partial charge on any atom is -0.367 e. The van der Waals surface area contributed by atoms with Crippen molar-refractivity contribution in [3.8, 4) is 0 Å². The van der Waals surface area contributed by atoms with Crippen LogP contribution < -0.4 is 5.32 Å². The lowest BCUT2D eigenvalue weighted by Crippen LogP contribution is -2.30. The number of hydrogen-bond donors (Lipinski definition) is 1. The van der Waals surface area contributed by atoms with Crippen LogP contribution >= 0.6 is 11.6 Å². The highest BCUT2D eigenvalue weighted by atomic mass is 35.5. The second-order valence-electron chi connectivity index (χ2n) is 6.00. The predicted molar refractivity (Wildman–Crippen MR) is 86.5 cm³/mol. The summed E-state index contributed by atoms with van der Waals surface area (Å²) in [7, 11) is 0. The van der Waals surface area contributed by atoms with E-state index in [0.717, 1.165) is 22.3 Å². The minimum atomic E-state index is 0.548. The van der Waals surface area contributed by atoms with Crippen molar-refractivity contribution >= 4 is 28.3 Å². The van der Waals surface area contributed by atoms with Gasteiger partial charge in [0, 0.05) is 16.5 Å². The Bertz CT molecular complexity index is 624. The van der Waals surface area contributed by atoms with Crippen molar-refractivity contribution in [2.45, 2.75) is 45.6 Å². The Hall–Kier alpha value is -1.28. The first-order chi connectivity index (χ1) is 9.63. The fourth-order valence-corrected chi connectivity index (χ4v) is 3.34. The molecule has 0 saturated heterocycles. The van der Waals surface area contributed by atoms with Crippen molar-refractivity contribution in [2.75, 3.05) is 5.32 Å². The molecule has 0 unspecified atom stereocenters. The van der Waals surface area contributed by atoms with Crippen molar-refractivity contribution in [3.63, 3.8) is 0 Å². The molecule has 1 N–H and O–H groups in total. The molecule has 1 aromatic carbocycles. The zero-order valence-electron chi connectivity index (χ0n) is 12.1. The molecule has 1 aromatic heterocycles. The third-order valence-electron chi connectivity index (χ3n) is 4.42. The van der Waals surface area contributed by atoms with Crippen LogP contribution in [0.2, 0.25) is 5.02 Å². The van der Waals surface area contributed by atoms with Crippen LogP contribution in [0, 0.1) is 12.8 Å². The zero-order valence-corrected chi connectivity index (χ0v) is 12.9. The first kappa shape index (κ1) is 13.7. The molecule has 2 nitrogen and oxygen atoms in total. The molecule has 1 heterocycles. The van der Waals surface area contributed by atoms with Crippen LogP contribution in [0.25, 0.3) is 10.9 Å². The summed E-state index contributed by atoms with van der Waals surface area (Å²) in [6, 6.07) is 8.62. The molecule has 2 atom stereocenters. The van der Waals surface area contributed by atoms with Gasteiger partial charge in [0.25, 0.3) is 0 Å². The normalized spacial score (nSPS) is 22.9. The van der Waals surface area contributed by atoms with Crippen LogP contribution in [0.1, 0.15) is 38.2 Å². The number of benzene rings is 1. The Morgan fingerprint density at radius 3 is 2.80 bits per heavy atom. The van der Waals surface area contributed by atoms with Crippen LogP contribution in [-0.2, 0) is 0 Å². The lowest BCUT2D eigenvalue weighted by atomic mass is 9.86. The van der Waals surface area contributed by atoms with Gasteiger partial charge in [-0.2, -0.15) is 0 Å². The van der Waals surface area contributed by atoms with Gasteiger partial charge < -0.3 is 5.32 Å². The highest BCUT2D eigenvalue weighted by Crippen LogP contribution is 2.28. The topological polar surface area (TPSA) is 24.9 Å². The Morgan fingerprint density at radius 2 is 2.00 bits per heavy atom. The van der Waals surface area contributed by atoms with Gasteiger partial charge in [-0.3, -0.25) is 0 Å². The standard InChI is InChI=1S/C17H21ClN2/c1-11-5-3-4-6-15(11)19-17-9-12(2)14-8-7-13(18)10-16(14)20-17/h7-11,15H,3-6H2,1-2H3,(H,19,20)/t11-,15-/m1/s1. The molecule has 0 aliphatic heterocycles. The lowest BCUT2D eigenvalue weighted by Gasteiger charge is -2.30. The maximum atomic E-state index is 6.08. The molecule has 1 aliphatic rings. The minimum absolute atomic E-state index is 0.548. The summed E-state index contributed by atoms with van der Waals surface area (Å²) in [5.74, 6) is 1.71. The summed E-state index contributed by atoms with van der Waals surface area (Å²) >= 11 is 6.08. The van der Waals surface area contributed by atoms with Gasteiger partial charge in [0.15, 0.2) is 0 Å². The van der Waals surface area contributed by atoms with E-state index in [4.69, 9.17) is 16.6 Å². The maximum Gasteiger partial charge on any atom is 0.127 e. The van der Waals surface area contributed by atoms with Gasteiger partial charge in [-0.25, -0.2) is 4.98 Å². The molecule has 3 rings (SSSR count). The Kier molecular flexibility index (Phi) is 3.84. The van der Waals surface area contributed by atoms with E-state index in [1.807, 2.05) is 18.2 Å². The van der Waals surface area contributed by atoms with Gasteiger partial charge in [-0.15, -0.1) is 0 Å². The van der Waals surface area contributed by atoms with E-state index in [1.165, 1.54) is 36.6 Å². The average molecular weight is 289 g/mol. The molecule has 0 bridgehead atoms. The summed E-state index contributed by atoms with van der Waals surface area (Å²) in [4.78, 5) is 4.73. The first-order valence-electron chi connectivity index (χ1n) is 7.47. The van der Waals surface area contributed by atoms with Crippen LogP contribution in [0.4, 0.5) is 5.82 Å². The van der Waals surface area contributed by atoms with Crippen molar-refractivity contribution in [2.24, 2.45) is 5.92 Å². The zero-order chi connectivity index (χ0) is 14.1. The van der Waals surface area contributed by atoms with E-state index >= 15 is 0 Å². The van der Waals surface area contributed by atoms with Gasteiger partial charge >= 0.3 is 0 Å². The van der Waals surface area contributed by atoms with Gasteiger partial charge in [0.1, 0.15) is 5.82 Å². The van der Waals surface area contributed by atoms with Crippen molar-refractivity contribution in [1.29, 1.82) is 0 Å². The van der Waals surface area contributed by atoms with E-state index < -0.39 is 0 Å². The number of rotatable bonds is 2. The number of nitrogens with zero attached hydrogens (tertiary/aromatic N) is 1. The number of pyridine rings is 1. The summed E-state index contributed by atoms with van der Waals surface area (Å²) in [6.45, 7) is 4.47. The average Bonchev–Trinajstić information content (AvgIpc) is 2.41. The van der Waals surface area contributed by atoms with E-state index in [0.29, 0.717) is 6.04 Å². The smallest absolute Gasteiger partial charge is 0.127 e. The summed E-state index contributed by atoms with van der Waals surface area (Å²) in [5.41, 5.74) is 2.22. The van der Waals surface area contributed by atoms with Gasteiger partial charge in [-0.05, 0) is 49.4 Å². The Labute approximate surface area is 125 Å². The number of anilines is 1. The first-order valence-corrected chi connectivity index (χ1v) is 7.85. The maximum absolute atomic E-state index is 6.08. The van der Waals surface area contributed by atoms with Crippen LogP contribution in [-0.4, -0.2) is 11.0 Å². The van der Waals surface area contributed by atoms with Gasteiger partial charge in [0.2, 0.25) is 0 Å². The molecule has 1 saturated carbocycles. The number of halogens is 1. The number of nitrogens with one attached hydrogen (secondary N) is 1. The Balaban J connectivity index is 1.91. The largest absolute Gasteiger partial charge is 0.367 e. The molecule has 3 heteroatoms. The fraction of sp³-hybridized carbons (Fsp3) is 0.471. The highest BCUT2D eigenvalue weighted by molar-refractivity contribution is 6.31.